The molecule has 1 rings (SSSR count). The van der Waals surface area contributed by atoms with E-state index in [1.165, 1.54) is 19.2 Å². The summed E-state index contributed by atoms with van der Waals surface area (Å²) in [6.07, 6.45) is 0. The molecule has 0 atom stereocenters. The standard InChI is InChI=1S/C14H23N3O4S/c1-15-7-9-17(2)14(18)12-5-4-6-13(11-12)22(19,20)16-8-10-21-3/h4-6,11,15-16H,7-10H2,1-3H3. The van der Waals surface area contributed by atoms with Gasteiger partial charge in [-0.15, -0.1) is 0 Å². The molecule has 8 heteroatoms. The van der Waals surface area contributed by atoms with Crippen LogP contribution in [-0.4, -0.2) is 66.7 Å². The predicted octanol–water partition coefficient (Wildman–Crippen LogP) is -0.0973. The zero-order valence-corrected chi connectivity index (χ0v) is 13.9. The maximum absolute atomic E-state index is 12.3. The van der Waals surface area contributed by atoms with Gasteiger partial charge in [0.2, 0.25) is 10.0 Å². The van der Waals surface area contributed by atoms with Gasteiger partial charge in [-0.1, -0.05) is 6.07 Å². The largest absolute Gasteiger partial charge is 0.383 e. The Bertz CT molecular complexity index is 590. The lowest BCUT2D eigenvalue weighted by molar-refractivity contribution is 0.0796. The van der Waals surface area contributed by atoms with Crippen LogP contribution in [0.15, 0.2) is 29.2 Å². The van der Waals surface area contributed by atoms with Gasteiger partial charge in [0.05, 0.1) is 11.5 Å². The zero-order valence-electron chi connectivity index (χ0n) is 13.1. The van der Waals surface area contributed by atoms with Gasteiger partial charge in [-0.25, -0.2) is 13.1 Å². The molecule has 0 fully saturated rings. The van der Waals surface area contributed by atoms with Gasteiger partial charge in [0.25, 0.3) is 5.91 Å². The van der Waals surface area contributed by atoms with Crippen molar-refractivity contribution in [3.63, 3.8) is 0 Å². The van der Waals surface area contributed by atoms with Crippen molar-refractivity contribution in [3.05, 3.63) is 29.8 Å². The SMILES string of the molecule is CNCCN(C)C(=O)c1cccc(S(=O)(=O)NCCOC)c1. The molecule has 0 bridgehead atoms. The van der Waals surface area contributed by atoms with Gasteiger partial charge in [0.15, 0.2) is 0 Å². The van der Waals surface area contributed by atoms with Crippen LogP contribution in [0.25, 0.3) is 0 Å². The maximum Gasteiger partial charge on any atom is 0.253 e. The predicted molar refractivity (Wildman–Crippen MR) is 84.4 cm³/mol. The smallest absolute Gasteiger partial charge is 0.253 e. The molecule has 1 aromatic carbocycles. The Morgan fingerprint density at radius 3 is 2.68 bits per heavy atom. The number of likely N-dealkylation sites (N-methyl/N-ethyl adjacent to an activating group) is 2. The normalized spacial score (nSPS) is 11.4. The van der Waals surface area contributed by atoms with Crippen molar-refractivity contribution in [1.29, 1.82) is 0 Å². The van der Waals surface area contributed by atoms with Gasteiger partial charge < -0.3 is 15.0 Å². The molecule has 0 unspecified atom stereocenters. The molecule has 7 nitrogen and oxygen atoms in total. The molecule has 0 aromatic heterocycles. The lowest BCUT2D eigenvalue weighted by atomic mass is 10.2. The maximum atomic E-state index is 12.3. The molecule has 0 saturated carbocycles. The molecule has 0 aliphatic carbocycles. The first-order valence-electron chi connectivity index (χ1n) is 6.91. The molecule has 0 aliphatic rings. The summed E-state index contributed by atoms with van der Waals surface area (Å²) in [5.74, 6) is -0.218. The van der Waals surface area contributed by atoms with E-state index < -0.39 is 10.0 Å². The van der Waals surface area contributed by atoms with Crippen molar-refractivity contribution in [2.45, 2.75) is 4.90 Å². The Balaban J connectivity index is 2.87. The van der Waals surface area contributed by atoms with Crippen LogP contribution in [-0.2, 0) is 14.8 Å². The number of ether oxygens (including phenoxy) is 1. The number of nitrogens with one attached hydrogen (secondary N) is 2. The lowest BCUT2D eigenvalue weighted by Crippen LogP contribution is -2.33. The van der Waals surface area contributed by atoms with E-state index in [1.807, 2.05) is 0 Å². The Morgan fingerprint density at radius 1 is 1.32 bits per heavy atom. The summed E-state index contributed by atoms with van der Waals surface area (Å²) >= 11 is 0. The molecule has 0 saturated heterocycles. The van der Waals surface area contributed by atoms with E-state index in [9.17, 15) is 13.2 Å². The molecule has 22 heavy (non-hydrogen) atoms. The number of hydrogen-bond acceptors (Lipinski definition) is 5. The van der Waals surface area contributed by atoms with Gasteiger partial charge in [-0.2, -0.15) is 0 Å². The highest BCUT2D eigenvalue weighted by Crippen LogP contribution is 2.12. The van der Waals surface area contributed by atoms with Crippen LogP contribution in [0.4, 0.5) is 0 Å². The van der Waals surface area contributed by atoms with Crippen LogP contribution < -0.4 is 10.0 Å². The number of hydrogen-bond donors (Lipinski definition) is 2. The monoisotopic (exact) mass is 329 g/mol. The molecule has 1 amide bonds. The van der Waals surface area contributed by atoms with Gasteiger partial charge >= 0.3 is 0 Å². The number of methoxy groups -OCH3 is 1. The number of rotatable bonds is 9. The number of benzene rings is 1. The minimum absolute atomic E-state index is 0.0662. The number of carbonyl (C=O) groups is 1. The average molecular weight is 329 g/mol. The zero-order chi connectivity index (χ0) is 16.6. The fourth-order valence-corrected chi connectivity index (χ4v) is 2.82. The quantitative estimate of drug-likeness (QED) is 0.618. The Morgan fingerprint density at radius 2 is 2.05 bits per heavy atom. The minimum atomic E-state index is -3.64. The molecule has 0 radical (unpaired) electrons. The lowest BCUT2D eigenvalue weighted by Gasteiger charge is -2.17. The minimum Gasteiger partial charge on any atom is -0.383 e. The second-order valence-electron chi connectivity index (χ2n) is 4.75. The molecule has 0 aliphatic heterocycles. The first-order chi connectivity index (χ1) is 10.4. The van der Waals surface area contributed by atoms with Crippen molar-refractivity contribution in [1.82, 2.24) is 14.9 Å². The summed E-state index contributed by atoms with van der Waals surface area (Å²) in [5, 5.41) is 2.96. The third kappa shape index (κ3) is 5.38. The fourth-order valence-electron chi connectivity index (χ4n) is 1.76. The van der Waals surface area contributed by atoms with Gasteiger partial charge in [-0.05, 0) is 25.2 Å². The van der Waals surface area contributed by atoms with E-state index >= 15 is 0 Å². The van der Waals surface area contributed by atoms with Crippen LogP contribution in [0.1, 0.15) is 10.4 Å². The molecular formula is C14H23N3O4S. The highest BCUT2D eigenvalue weighted by atomic mass is 32.2. The van der Waals surface area contributed by atoms with Crippen LogP contribution in [0.3, 0.4) is 0 Å². The molecule has 1 aromatic rings. The Labute approximate surface area is 131 Å². The summed E-state index contributed by atoms with van der Waals surface area (Å²) < 4.78 is 31.5. The van der Waals surface area contributed by atoms with Crippen molar-refractivity contribution in [2.24, 2.45) is 0 Å². The molecule has 0 spiro atoms. The van der Waals surface area contributed by atoms with Gasteiger partial charge in [-0.3, -0.25) is 4.79 Å². The summed E-state index contributed by atoms with van der Waals surface area (Å²) in [7, 11) is 1.33. The van der Waals surface area contributed by atoms with Gasteiger partial charge in [0.1, 0.15) is 0 Å². The summed E-state index contributed by atoms with van der Waals surface area (Å²) in [4.78, 5) is 13.9. The van der Waals surface area contributed by atoms with Crippen molar-refractivity contribution >= 4 is 15.9 Å². The van der Waals surface area contributed by atoms with E-state index in [4.69, 9.17) is 4.74 Å². The average Bonchev–Trinajstić information content (AvgIpc) is 2.52. The van der Waals surface area contributed by atoms with Crippen LogP contribution in [0.5, 0.6) is 0 Å². The topological polar surface area (TPSA) is 87.7 Å². The highest BCUT2D eigenvalue weighted by Gasteiger charge is 2.17. The van der Waals surface area contributed by atoms with E-state index in [0.717, 1.165) is 0 Å². The number of amides is 1. The molecule has 124 valence electrons. The molecule has 2 N–H and O–H groups in total. The first-order valence-corrected chi connectivity index (χ1v) is 8.39. The second-order valence-corrected chi connectivity index (χ2v) is 6.52. The number of nitrogens with zero attached hydrogens (tertiary/aromatic N) is 1. The number of carbonyl (C=O) groups excluding carboxylic acids is 1. The third-order valence-electron chi connectivity index (χ3n) is 3.03. The van der Waals surface area contributed by atoms with Crippen molar-refractivity contribution in [3.8, 4) is 0 Å². The van der Waals surface area contributed by atoms with Crippen molar-refractivity contribution in [2.75, 3.05) is 47.4 Å². The fraction of sp³-hybridized carbons (Fsp3) is 0.500. The summed E-state index contributed by atoms with van der Waals surface area (Å²) in [5.41, 5.74) is 0.341. The summed E-state index contributed by atoms with van der Waals surface area (Å²) in [6.45, 7) is 1.67. The summed E-state index contributed by atoms with van der Waals surface area (Å²) in [6, 6.07) is 6.00. The Hall–Kier alpha value is -1.48. The first kappa shape index (κ1) is 18.6. The third-order valence-corrected chi connectivity index (χ3v) is 4.49. The van der Waals surface area contributed by atoms with E-state index in [-0.39, 0.29) is 24.0 Å². The van der Waals surface area contributed by atoms with Crippen LogP contribution in [0.2, 0.25) is 0 Å². The Kier molecular flexibility index (Phi) is 7.46. The van der Waals surface area contributed by atoms with Crippen LogP contribution >= 0.6 is 0 Å². The van der Waals surface area contributed by atoms with Crippen molar-refractivity contribution < 1.29 is 17.9 Å². The van der Waals surface area contributed by atoms with E-state index in [0.29, 0.717) is 18.7 Å². The van der Waals surface area contributed by atoms with Gasteiger partial charge in [0, 0.05) is 39.4 Å². The molecule has 0 heterocycles. The molecular weight excluding hydrogens is 306 g/mol. The van der Waals surface area contributed by atoms with E-state index in [2.05, 4.69) is 10.0 Å². The van der Waals surface area contributed by atoms with E-state index in [1.54, 1.807) is 31.1 Å². The second kappa shape index (κ2) is 8.84. The number of sulfonamides is 1. The highest BCUT2D eigenvalue weighted by molar-refractivity contribution is 7.89. The van der Waals surface area contributed by atoms with Crippen LogP contribution in [0, 0.1) is 0 Å².